The van der Waals surface area contributed by atoms with Crippen LogP contribution in [0.25, 0.3) is 0 Å². The minimum absolute atomic E-state index is 0.269. The van der Waals surface area contributed by atoms with Crippen LogP contribution in [0.1, 0.15) is 17.7 Å². The number of hydrogen-bond acceptors (Lipinski definition) is 1. The number of aromatic nitrogens is 1. The van der Waals surface area contributed by atoms with Gasteiger partial charge in [-0.05, 0) is 41.1 Å². The Balaban J connectivity index is 3.21. The van der Waals surface area contributed by atoms with Crippen LogP contribution in [0.15, 0.2) is 6.07 Å². The van der Waals surface area contributed by atoms with Crippen LogP contribution in [0.2, 0.25) is 5.02 Å². The smallest absolute Gasteiger partial charge is 0.241 e. The predicted octanol–water partition coefficient (Wildman–Crippen LogP) is 3.59. The van der Waals surface area contributed by atoms with Gasteiger partial charge in [-0.3, -0.25) is 0 Å². The van der Waals surface area contributed by atoms with E-state index in [0.29, 0.717) is 8.72 Å². The van der Waals surface area contributed by atoms with Crippen molar-refractivity contribution in [2.45, 2.75) is 13.3 Å². The lowest BCUT2D eigenvalue weighted by Crippen LogP contribution is -1.95. The summed E-state index contributed by atoms with van der Waals surface area (Å²) in [6.07, 6.45) is -2.56. The highest BCUT2D eigenvalue weighted by atomic mass is 127. The van der Waals surface area contributed by atoms with E-state index in [1.807, 2.05) is 22.6 Å². The Kier molecular flexibility index (Phi) is 3.22. The molecule has 0 bridgehead atoms. The third kappa shape index (κ3) is 2.04. The maximum absolute atomic E-state index is 12.1. The molecule has 0 radical (unpaired) electrons. The fourth-order valence-electron chi connectivity index (χ4n) is 0.678. The number of hydrogen-bond donors (Lipinski definition) is 0. The molecule has 1 aromatic rings. The van der Waals surface area contributed by atoms with Crippen molar-refractivity contribution in [3.05, 3.63) is 26.0 Å². The highest BCUT2D eigenvalue weighted by Gasteiger charge is 2.12. The summed E-state index contributed by atoms with van der Waals surface area (Å²) < 4.78 is 24.8. The molecular weight excluding hydrogens is 298 g/mol. The Bertz CT molecular complexity index is 280. The summed E-state index contributed by atoms with van der Waals surface area (Å²) in [6.45, 7) is 1.74. The summed E-state index contributed by atoms with van der Waals surface area (Å²) in [6, 6.07) is 1.20. The van der Waals surface area contributed by atoms with Gasteiger partial charge in [-0.2, -0.15) is 0 Å². The van der Waals surface area contributed by atoms with Gasteiger partial charge in [0.1, 0.15) is 9.39 Å². The van der Waals surface area contributed by atoms with Gasteiger partial charge in [0.15, 0.2) is 0 Å². The van der Waals surface area contributed by atoms with Crippen LogP contribution >= 0.6 is 34.2 Å². The van der Waals surface area contributed by atoms with Crippen molar-refractivity contribution in [3.63, 3.8) is 0 Å². The van der Waals surface area contributed by atoms with E-state index in [2.05, 4.69) is 4.98 Å². The van der Waals surface area contributed by atoms with Gasteiger partial charge in [0.2, 0.25) is 0 Å². The summed E-state index contributed by atoms with van der Waals surface area (Å²) >= 11 is 7.57. The first-order valence-electron chi connectivity index (χ1n) is 3.13. The van der Waals surface area contributed by atoms with Crippen molar-refractivity contribution in [1.29, 1.82) is 0 Å². The first-order valence-corrected chi connectivity index (χ1v) is 4.58. The molecule has 1 heterocycles. The van der Waals surface area contributed by atoms with Gasteiger partial charge in [0.25, 0.3) is 6.43 Å². The summed E-state index contributed by atoms with van der Waals surface area (Å²) in [7, 11) is 0. The lowest BCUT2D eigenvalue weighted by atomic mass is 10.3. The van der Waals surface area contributed by atoms with E-state index in [1.54, 1.807) is 6.92 Å². The normalized spacial score (nSPS) is 10.8. The van der Waals surface area contributed by atoms with Crippen molar-refractivity contribution in [2.24, 2.45) is 0 Å². The van der Waals surface area contributed by atoms with Gasteiger partial charge in [-0.15, -0.1) is 0 Å². The lowest BCUT2D eigenvalue weighted by Gasteiger charge is -2.04. The van der Waals surface area contributed by atoms with Crippen molar-refractivity contribution in [3.8, 4) is 0 Å². The molecule has 0 saturated carbocycles. The molecule has 0 aromatic carbocycles. The molecule has 0 spiro atoms. The Morgan fingerprint density at radius 3 is 2.58 bits per heavy atom. The average Bonchev–Trinajstić information content (AvgIpc) is 1.99. The molecule has 66 valence electrons. The molecule has 12 heavy (non-hydrogen) atoms. The Morgan fingerprint density at radius 2 is 2.17 bits per heavy atom. The van der Waals surface area contributed by atoms with Crippen LogP contribution in [0.5, 0.6) is 0 Å². The van der Waals surface area contributed by atoms with Crippen LogP contribution in [0.3, 0.4) is 0 Å². The molecule has 0 N–H and O–H groups in total. The highest BCUT2D eigenvalue weighted by molar-refractivity contribution is 14.1. The first-order chi connectivity index (χ1) is 5.52. The second kappa shape index (κ2) is 3.83. The van der Waals surface area contributed by atoms with E-state index in [4.69, 9.17) is 11.6 Å². The largest absolute Gasteiger partial charge is 0.280 e. The van der Waals surface area contributed by atoms with Crippen LogP contribution in [-0.2, 0) is 0 Å². The number of halogens is 4. The number of nitrogens with zero attached hydrogens (tertiary/aromatic N) is 1. The maximum Gasteiger partial charge on any atom is 0.280 e. The fourth-order valence-corrected chi connectivity index (χ4v) is 1.61. The third-order valence-corrected chi connectivity index (χ3v) is 2.84. The zero-order valence-corrected chi connectivity index (χ0v) is 9.03. The van der Waals surface area contributed by atoms with Gasteiger partial charge in [0, 0.05) is 5.02 Å². The topological polar surface area (TPSA) is 12.9 Å². The number of alkyl halides is 2. The highest BCUT2D eigenvalue weighted by Crippen LogP contribution is 2.25. The molecule has 0 amide bonds. The zero-order chi connectivity index (χ0) is 9.30. The summed E-state index contributed by atoms with van der Waals surface area (Å²) in [4.78, 5) is 3.69. The molecule has 1 aromatic heterocycles. The summed E-state index contributed by atoms with van der Waals surface area (Å²) in [5.74, 6) is 0. The van der Waals surface area contributed by atoms with Gasteiger partial charge >= 0.3 is 0 Å². The van der Waals surface area contributed by atoms with Crippen molar-refractivity contribution < 1.29 is 8.78 Å². The molecule has 1 rings (SSSR count). The fraction of sp³-hybridized carbons (Fsp3) is 0.286. The molecule has 0 aliphatic carbocycles. The number of pyridine rings is 1. The van der Waals surface area contributed by atoms with Gasteiger partial charge in [-0.1, -0.05) is 11.6 Å². The minimum atomic E-state index is -2.56. The molecule has 5 heteroatoms. The molecular formula is C7H5ClF2IN. The third-order valence-electron chi connectivity index (χ3n) is 1.39. The summed E-state index contributed by atoms with van der Waals surface area (Å²) in [5, 5.41) is 0.338. The quantitative estimate of drug-likeness (QED) is 0.571. The second-order valence-corrected chi connectivity index (χ2v) is 3.67. The Labute approximate surface area is 87.3 Å². The Hall–Kier alpha value is 0.0300. The lowest BCUT2D eigenvalue weighted by molar-refractivity contribution is 0.146. The average molecular weight is 303 g/mol. The standard InChI is InChI=1S/C7H5ClF2IN/c1-3-4(8)2-5(6(9)10)12-7(3)11/h2,6H,1H3. The maximum atomic E-state index is 12.1. The van der Waals surface area contributed by atoms with E-state index in [0.717, 1.165) is 5.56 Å². The molecule has 0 atom stereocenters. The predicted molar refractivity (Wildman–Crippen MR) is 51.7 cm³/mol. The molecule has 0 aliphatic heterocycles. The van der Waals surface area contributed by atoms with Crippen LogP contribution in [-0.4, -0.2) is 4.98 Å². The van der Waals surface area contributed by atoms with Crippen molar-refractivity contribution in [2.75, 3.05) is 0 Å². The second-order valence-electron chi connectivity index (χ2n) is 2.25. The zero-order valence-electron chi connectivity index (χ0n) is 6.11. The number of rotatable bonds is 1. The molecule has 1 nitrogen and oxygen atoms in total. The van der Waals surface area contributed by atoms with E-state index in [9.17, 15) is 8.78 Å². The molecule has 0 fully saturated rings. The molecule has 0 saturated heterocycles. The molecule has 0 unspecified atom stereocenters. The Morgan fingerprint density at radius 1 is 1.58 bits per heavy atom. The van der Waals surface area contributed by atoms with E-state index in [1.165, 1.54) is 6.07 Å². The molecule has 0 aliphatic rings. The van der Waals surface area contributed by atoms with E-state index in [-0.39, 0.29) is 5.69 Å². The SMILES string of the molecule is Cc1c(Cl)cc(C(F)F)nc1I. The van der Waals surface area contributed by atoms with E-state index < -0.39 is 6.43 Å². The van der Waals surface area contributed by atoms with Gasteiger partial charge in [-0.25, -0.2) is 13.8 Å². The minimum Gasteiger partial charge on any atom is -0.241 e. The van der Waals surface area contributed by atoms with Crippen LogP contribution in [0.4, 0.5) is 8.78 Å². The first kappa shape index (κ1) is 10.1. The van der Waals surface area contributed by atoms with Crippen molar-refractivity contribution in [1.82, 2.24) is 4.98 Å². The summed E-state index contributed by atoms with van der Waals surface area (Å²) in [5.41, 5.74) is 0.469. The van der Waals surface area contributed by atoms with Gasteiger partial charge in [0.05, 0.1) is 0 Å². The van der Waals surface area contributed by atoms with Gasteiger partial charge < -0.3 is 0 Å². The monoisotopic (exact) mass is 303 g/mol. The van der Waals surface area contributed by atoms with E-state index >= 15 is 0 Å². The van der Waals surface area contributed by atoms with Crippen LogP contribution < -0.4 is 0 Å². The van der Waals surface area contributed by atoms with Crippen molar-refractivity contribution >= 4 is 34.2 Å². The van der Waals surface area contributed by atoms with Crippen LogP contribution in [0, 0.1) is 10.6 Å².